The van der Waals surface area contributed by atoms with E-state index in [1.807, 2.05) is 13.0 Å². The Hall–Kier alpha value is -4.49. The number of rotatable bonds is 6. The lowest BCUT2D eigenvalue weighted by Crippen LogP contribution is -2.39. The van der Waals surface area contributed by atoms with E-state index in [-0.39, 0.29) is 34.2 Å². The van der Waals surface area contributed by atoms with Gasteiger partial charge in [0.1, 0.15) is 22.4 Å². The number of allylic oxidation sites excluding steroid dienone is 2. The second-order valence-corrected chi connectivity index (χ2v) is 10.4. The highest BCUT2D eigenvalue weighted by Crippen LogP contribution is 2.52. The number of methoxy groups -OCH3 is 1. The van der Waals surface area contributed by atoms with Gasteiger partial charge in [0.25, 0.3) is 10.0 Å². The van der Waals surface area contributed by atoms with Crippen LogP contribution < -0.4 is 19.5 Å². The molecule has 0 radical (unpaired) electrons. The van der Waals surface area contributed by atoms with Crippen LogP contribution in [0.2, 0.25) is 0 Å². The summed E-state index contributed by atoms with van der Waals surface area (Å²) in [6, 6.07) is 19.7. The van der Waals surface area contributed by atoms with Gasteiger partial charge in [0, 0.05) is 11.1 Å². The molecule has 1 atom stereocenters. The normalized spacial score (nSPS) is 17.7. The molecule has 10 heteroatoms. The Morgan fingerprint density at radius 3 is 2.55 bits per heavy atom. The molecule has 2 aliphatic rings. The zero-order valence-electron chi connectivity index (χ0n) is 20.6. The van der Waals surface area contributed by atoms with Crippen molar-refractivity contribution >= 4 is 21.5 Å². The number of anilines is 1. The van der Waals surface area contributed by atoms with Gasteiger partial charge >= 0.3 is 0 Å². The molecular formula is C28H24FN3O5S. The molecule has 2 heterocycles. The first-order chi connectivity index (χ1) is 18.3. The number of sulfonamides is 1. The number of fused-ring (bicyclic) bond motifs is 2. The Morgan fingerprint density at radius 1 is 1.11 bits per heavy atom. The largest absolute Gasteiger partial charge is 0.493 e. The molecule has 8 nitrogen and oxygen atoms in total. The van der Waals surface area contributed by atoms with Crippen molar-refractivity contribution in [3.63, 3.8) is 0 Å². The van der Waals surface area contributed by atoms with Crippen molar-refractivity contribution < 1.29 is 27.0 Å². The van der Waals surface area contributed by atoms with Crippen LogP contribution in [0, 0.1) is 17.1 Å². The van der Waals surface area contributed by atoms with Gasteiger partial charge in [-0.05, 0) is 42.8 Å². The third-order valence-electron chi connectivity index (χ3n) is 6.45. The Labute approximate surface area is 220 Å². The molecule has 194 valence electrons. The summed E-state index contributed by atoms with van der Waals surface area (Å²) >= 11 is 0. The van der Waals surface area contributed by atoms with E-state index in [2.05, 4.69) is 0 Å². The van der Waals surface area contributed by atoms with Gasteiger partial charge in [0.2, 0.25) is 5.88 Å². The first kappa shape index (κ1) is 25.2. The van der Waals surface area contributed by atoms with Crippen molar-refractivity contribution in [1.29, 1.82) is 5.26 Å². The minimum Gasteiger partial charge on any atom is -0.493 e. The predicted molar refractivity (Wildman–Crippen MR) is 140 cm³/mol. The molecule has 0 saturated heterocycles. The molecule has 38 heavy (non-hydrogen) atoms. The molecule has 0 amide bonds. The second kappa shape index (κ2) is 9.76. The van der Waals surface area contributed by atoms with E-state index in [9.17, 15) is 18.1 Å². The van der Waals surface area contributed by atoms with E-state index in [1.165, 1.54) is 25.3 Å². The van der Waals surface area contributed by atoms with Gasteiger partial charge in [-0.15, -0.1) is 0 Å². The standard InChI is InChI=1S/C28H24FN3O5S/c1-3-36-23-13-12-17(14-24(23)35-2)25-20(15-30)28(31)37-26-19-9-5-7-11-22(19)32(38(33,34)27(25)26)16-18-8-4-6-10-21(18)29/h4-14,25H,3,16,31H2,1-2H3. The number of hydrogen-bond donors (Lipinski definition) is 1. The van der Waals surface area contributed by atoms with Gasteiger partial charge in [-0.2, -0.15) is 5.26 Å². The summed E-state index contributed by atoms with van der Waals surface area (Å²) in [5.74, 6) is -0.972. The first-order valence-electron chi connectivity index (χ1n) is 11.8. The molecule has 0 spiro atoms. The third-order valence-corrected chi connectivity index (χ3v) is 8.33. The van der Waals surface area contributed by atoms with Crippen LogP contribution >= 0.6 is 0 Å². The Morgan fingerprint density at radius 2 is 1.84 bits per heavy atom. The summed E-state index contributed by atoms with van der Waals surface area (Å²) in [6.45, 7) is 1.97. The summed E-state index contributed by atoms with van der Waals surface area (Å²) in [4.78, 5) is -0.162. The fraction of sp³-hybridized carbons (Fsp3) is 0.179. The highest BCUT2D eigenvalue weighted by molar-refractivity contribution is 7.96. The molecule has 0 aromatic heterocycles. The van der Waals surface area contributed by atoms with Crippen molar-refractivity contribution in [2.24, 2.45) is 5.73 Å². The smallest absolute Gasteiger partial charge is 0.265 e. The summed E-state index contributed by atoms with van der Waals surface area (Å²) in [7, 11) is -2.88. The summed E-state index contributed by atoms with van der Waals surface area (Å²) in [5.41, 5.74) is 7.52. The van der Waals surface area contributed by atoms with E-state index in [1.54, 1.807) is 48.5 Å². The highest BCUT2D eigenvalue weighted by atomic mass is 32.2. The number of benzene rings is 3. The fourth-order valence-electron chi connectivity index (χ4n) is 4.73. The molecule has 0 bridgehead atoms. The molecule has 2 aliphatic heterocycles. The van der Waals surface area contributed by atoms with Gasteiger partial charge in [0.15, 0.2) is 17.3 Å². The van der Waals surface area contributed by atoms with E-state index in [0.717, 1.165) is 4.31 Å². The number of hydrogen-bond acceptors (Lipinski definition) is 7. The van der Waals surface area contributed by atoms with Gasteiger partial charge in [0.05, 0.1) is 31.9 Å². The maximum atomic E-state index is 14.6. The van der Waals surface area contributed by atoms with Crippen LogP contribution in [-0.4, -0.2) is 22.1 Å². The van der Waals surface area contributed by atoms with Crippen molar-refractivity contribution in [3.8, 4) is 17.6 Å². The molecule has 2 N–H and O–H groups in total. The molecular weight excluding hydrogens is 509 g/mol. The van der Waals surface area contributed by atoms with Crippen molar-refractivity contribution in [1.82, 2.24) is 0 Å². The third kappa shape index (κ3) is 4.01. The van der Waals surface area contributed by atoms with Crippen molar-refractivity contribution in [3.05, 3.63) is 106 Å². The number of nitrogens with zero attached hydrogens (tertiary/aromatic N) is 2. The lowest BCUT2D eigenvalue weighted by molar-refractivity contribution is 0.310. The predicted octanol–water partition coefficient (Wildman–Crippen LogP) is 4.76. The molecule has 3 aromatic rings. The Kier molecular flexibility index (Phi) is 6.46. The highest BCUT2D eigenvalue weighted by Gasteiger charge is 2.47. The van der Waals surface area contributed by atoms with Crippen LogP contribution in [-0.2, 0) is 21.3 Å². The molecule has 0 aliphatic carbocycles. The molecule has 0 saturated carbocycles. The summed E-state index contributed by atoms with van der Waals surface area (Å²) < 4.78 is 61.4. The van der Waals surface area contributed by atoms with Gasteiger partial charge in [-0.1, -0.05) is 36.4 Å². The van der Waals surface area contributed by atoms with Gasteiger partial charge in [-0.3, -0.25) is 4.31 Å². The van der Waals surface area contributed by atoms with E-state index >= 15 is 0 Å². The SMILES string of the molecule is CCOc1ccc(C2C(C#N)=C(N)OC3=C2S(=O)(=O)N(Cc2ccccc2F)c2ccccc23)cc1OC. The van der Waals surface area contributed by atoms with Crippen molar-refractivity contribution in [2.45, 2.75) is 19.4 Å². The number of para-hydroxylation sites is 1. The van der Waals surface area contributed by atoms with E-state index in [0.29, 0.717) is 34.9 Å². The second-order valence-electron chi connectivity index (χ2n) is 8.58. The van der Waals surface area contributed by atoms with Gasteiger partial charge in [-0.25, -0.2) is 12.8 Å². The number of ether oxygens (including phenoxy) is 3. The summed E-state index contributed by atoms with van der Waals surface area (Å²) in [5, 5.41) is 10.0. The van der Waals surface area contributed by atoms with Gasteiger partial charge < -0.3 is 19.9 Å². The average molecular weight is 534 g/mol. The van der Waals surface area contributed by atoms with Crippen LogP contribution in [0.1, 0.15) is 29.5 Å². The monoisotopic (exact) mass is 533 g/mol. The zero-order chi connectivity index (χ0) is 27.0. The average Bonchev–Trinajstić information content (AvgIpc) is 2.91. The molecule has 3 aromatic carbocycles. The van der Waals surface area contributed by atoms with E-state index < -0.39 is 21.8 Å². The number of nitrogens with two attached hydrogens (primary N) is 1. The molecule has 1 unspecified atom stereocenters. The number of nitriles is 1. The Bertz CT molecular complexity index is 1640. The maximum Gasteiger partial charge on any atom is 0.265 e. The fourth-order valence-corrected chi connectivity index (χ4v) is 6.63. The maximum absolute atomic E-state index is 14.6. The zero-order valence-corrected chi connectivity index (χ0v) is 21.5. The quantitative estimate of drug-likeness (QED) is 0.486. The molecule has 5 rings (SSSR count). The number of halogens is 1. The minimum absolute atomic E-state index is 0.0275. The lowest BCUT2D eigenvalue weighted by atomic mass is 9.88. The Balaban J connectivity index is 1.75. The van der Waals surface area contributed by atoms with Crippen molar-refractivity contribution in [2.75, 3.05) is 18.0 Å². The topological polar surface area (TPSA) is 115 Å². The van der Waals surface area contributed by atoms with E-state index in [4.69, 9.17) is 19.9 Å². The van der Waals surface area contributed by atoms with Crippen LogP contribution in [0.15, 0.2) is 83.1 Å². The summed E-state index contributed by atoms with van der Waals surface area (Å²) in [6.07, 6.45) is 0. The minimum atomic E-state index is -4.35. The first-order valence-corrected chi connectivity index (χ1v) is 13.2. The molecule has 0 fully saturated rings. The van der Waals surface area contributed by atoms with Crippen LogP contribution in [0.25, 0.3) is 5.76 Å². The van der Waals surface area contributed by atoms with Crippen LogP contribution in [0.4, 0.5) is 10.1 Å². The van der Waals surface area contributed by atoms with Crippen LogP contribution in [0.5, 0.6) is 11.5 Å². The van der Waals surface area contributed by atoms with Crippen LogP contribution in [0.3, 0.4) is 0 Å². The lowest BCUT2D eigenvalue weighted by Gasteiger charge is -2.38.